The molecule has 4 aromatic rings. The van der Waals surface area contributed by atoms with Crippen molar-refractivity contribution in [2.24, 2.45) is 0 Å². The summed E-state index contributed by atoms with van der Waals surface area (Å²) in [5, 5.41) is 9.34. The molecule has 0 bridgehead atoms. The van der Waals surface area contributed by atoms with E-state index in [4.69, 9.17) is 51.7 Å². The van der Waals surface area contributed by atoms with Crippen LogP contribution in [0.3, 0.4) is 0 Å². The van der Waals surface area contributed by atoms with E-state index >= 15 is 0 Å². The maximum atomic E-state index is 13.6. The molecule has 0 spiro atoms. The van der Waals surface area contributed by atoms with E-state index in [0.717, 1.165) is 16.8 Å². The zero-order valence-electron chi connectivity index (χ0n) is 22.2. The van der Waals surface area contributed by atoms with E-state index in [0.29, 0.717) is 33.0 Å². The van der Waals surface area contributed by atoms with Gasteiger partial charge in [0.1, 0.15) is 18.2 Å². The smallest absolute Gasteiger partial charge is 0.233 e. The van der Waals surface area contributed by atoms with Crippen LogP contribution in [0.15, 0.2) is 72.8 Å². The molecule has 0 radical (unpaired) electrons. The maximum Gasteiger partial charge on any atom is 0.233 e. The molecule has 4 aromatic carbocycles. The number of hydrogen-bond acceptors (Lipinski definition) is 5. The molecule has 0 aliphatic carbocycles. The second-order valence-corrected chi connectivity index (χ2v) is 14.2. The van der Waals surface area contributed by atoms with Gasteiger partial charge in [-0.15, -0.1) is 0 Å². The summed E-state index contributed by atoms with van der Waals surface area (Å²) in [6.07, 6.45) is 2.05. The van der Waals surface area contributed by atoms with Crippen LogP contribution in [0.1, 0.15) is 7.43 Å². The minimum Gasteiger partial charge on any atom is -0.284 e. The van der Waals surface area contributed by atoms with Crippen molar-refractivity contribution in [3.63, 3.8) is 0 Å². The van der Waals surface area contributed by atoms with Crippen molar-refractivity contribution in [1.82, 2.24) is 0 Å². The second-order valence-electron chi connectivity index (χ2n) is 8.92. The predicted molar refractivity (Wildman–Crippen MR) is 177 cm³/mol. The van der Waals surface area contributed by atoms with Gasteiger partial charge in [-0.1, -0.05) is 78.1 Å². The molecule has 1 N–H and O–H groups in total. The first-order valence-corrected chi connectivity index (χ1v) is 17.1. The van der Waals surface area contributed by atoms with Gasteiger partial charge in [-0.2, -0.15) is 5.26 Å². The Balaban J connectivity index is 0.000000303. The molecule has 234 valence electrons. The van der Waals surface area contributed by atoms with Gasteiger partial charge in [-0.3, -0.25) is 9.03 Å². The molecule has 15 heteroatoms. The topological polar surface area (TPSA) is 107 Å². The van der Waals surface area contributed by atoms with Crippen LogP contribution in [0.2, 0.25) is 20.1 Å². The Morgan fingerprint density at radius 3 is 1.59 bits per heavy atom. The first-order chi connectivity index (χ1) is 20.0. The zero-order valence-corrected chi connectivity index (χ0v) is 26.9. The summed E-state index contributed by atoms with van der Waals surface area (Å²) in [5.74, 6) is -1.12. The molecular formula is C29H25Cl4F2N3O4S2. The van der Waals surface area contributed by atoms with Crippen molar-refractivity contribution >= 4 is 77.8 Å². The molecule has 0 atom stereocenters. The summed E-state index contributed by atoms with van der Waals surface area (Å²) in [7, 11) is -6.98. The number of benzene rings is 4. The average Bonchev–Trinajstić information content (AvgIpc) is 2.89. The highest BCUT2D eigenvalue weighted by atomic mass is 35.5. The van der Waals surface area contributed by atoms with E-state index in [1.165, 1.54) is 42.5 Å². The molecule has 0 amide bonds. The van der Waals surface area contributed by atoms with Gasteiger partial charge in [0.25, 0.3) is 0 Å². The Labute approximate surface area is 275 Å². The van der Waals surface area contributed by atoms with Gasteiger partial charge < -0.3 is 0 Å². The summed E-state index contributed by atoms with van der Waals surface area (Å²) in [6, 6.07) is 19.5. The Kier molecular flexibility index (Phi) is 12.9. The lowest BCUT2D eigenvalue weighted by molar-refractivity contribution is 0.598. The lowest BCUT2D eigenvalue weighted by Gasteiger charge is -2.20. The van der Waals surface area contributed by atoms with Gasteiger partial charge in [0.2, 0.25) is 20.0 Å². The highest BCUT2D eigenvalue weighted by Gasteiger charge is 2.18. The number of halogens is 6. The van der Waals surface area contributed by atoms with Crippen LogP contribution in [0, 0.1) is 23.0 Å². The number of sulfonamides is 2. The maximum absolute atomic E-state index is 13.6. The van der Waals surface area contributed by atoms with Crippen molar-refractivity contribution in [3.05, 3.63) is 105 Å². The van der Waals surface area contributed by atoms with Gasteiger partial charge in [-0.05, 0) is 59.7 Å². The minimum atomic E-state index is -3.61. The Bertz CT molecular complexity index is 1940. The third-order valence-corrected chi connectivity index (χ3v) is 8.57. The number of nitrogens with zero attached hydrogens (tertiary/aromatic N) is 2. The normalized spacial score (nSPS) is 11.0. The summed E-state index contributed by atoms with van der Waals surface area (Å²) >= 11 is 23.6. The monoisotopic (exact) mass is 721 g/mol. The molecule has 0 saturated carbocycles. The molecule has 0 aliphatic rings. The number of rotatable bonds is 7. The number of hydrogen-bond donors (Lipinski definition) is 1. The average molecular weight is 723 g/mol. The highest BCUT2D eigenvalue weighted by molar-refractivity contribution is 7.92. The Morgan fingerprint density at radius 2 is 1.20 bits per heavy atom. The fourth-order valence-corrected chi connectivity index (χ4v) is 5.86. The SMILES string of the molecule is C.CS(=O)(=O)N(CC#N)c1ccc(-c2ccc(Cl)c(F)c2)c(Cl)c1.CS(=O)(=O)Nc1ccc(-c2ccc(Cl)c(F)c2)c(Cl)c1. The lowest BCUT2D eigenvalue weighted by Crippen LogP contribution is -2.30. The molecule has 0 aromatic heterocycles. The van der Waals surface area contributed by atoms with Crippen molar-refractivity contribution in [3.8, 4) is 28.3 Å². The first-order valence-electron chi connectivity index (χ1n) is 11.8. The van der Waals surface area contributed by atoms with E-state index in [1.54, 1.807) is 36.4 Å². The Hall–Kier alpha value is -3.11. The quantitative estimate of drug-likeness (QED) is 0.192. The third kappa shape index (κ3) is 9.95. The van der Waals surface area contributed by atoms with Crippen LogP contribution in [0.25, 0.3) is 22.3 Å². The molecular weight excluding hydrogens is 698 g/mol. The summed E-state index contributed by atoms with van der Waals surface area (Å²) < 4.78 is 76.0. The van der Waals surface area contributed by atoms with Gasteiger partial charge in [0.15, 0.2) is 0 Å². The molecule has 0 aliphatic heterocycles. The summed E-state index contributed by atoms with van der Waals surface area (Å²) in [6.45, 7) is -0.329. The molecule has 0 unspecified atom stereocenters. The Morgan fingerprint density at radius 1 is 0.727 bits per heavy atom. The minimum absolute atomic E-state index is 0. The molecule has 44 heavy (non-hydrogen) atoms. The third-order valence-electron chi connectivity index (χ3n) is 5.59. The van der Waals surface area contributed by atoms with E-state index in [2.05, 4.69) is 4.72 Å². The first kappa shape index (κ1) is 37.1. The lowest BCUT2D eigenvalue weighted by atomic mass is 10.1. The van der Waals surface area contributed by atoms with Crippen molar-refractivity contribution in [2.75, 3.05) is 28.1 Å². The van der Waals surface area contributed by atoms with Crippen molar-refractivity contribution < 1.29 is 25.6 Å². The number of nitriles is 1. The van der Waals surface area contributed by atoms with Crippen molar-refractivity contribution in [2.45, 2.75) is 7.43 Å². The standard InChI is InChI=1S/C15H11Cl2FN2O2S.C13H10Cl2FNO2S.CH4/c1-23(21,22)20(7-6-19)11-3-4-12(14(17)9-11)10-2-5-13(16)15(18)8-10;1-20(18,19)17-9-3-4-10(12(15)7-9)8-2-5-11(14)13(16)6-8;/h2-5,8-9H,7H2,1H3;2-7,17H,1H3;1H4. The number of anilines is 2. The van der Waals surface area contributed by atoms with E-state index in [9.17, 15) is 25.6 Å². The van der Waals surface area contributed by atoms with Gasteiger partial charge >= 0.3 is 0 Å². The van der Waals surface area contributed by atoms with Crippen LogP contribution in [0.4, 0.5) is 20.2 Å². The molecule has 4 rings (SSSR count). The van der Waals surface area contributed by atoms with Crippen LogP contribution in [-0.2, 0) is 20.0 Å². The number of nitrogens with one attached hydrogen (secondary N) is 1. The van der Waals surface area contributed by atoms with Crippen molar-refractivity contribution in [1.29, 1.82) is 5.26 Å². The largest absolute Gasteiger partial charge is 0.284 e. The fourth-order valence-electron chi connectivity index (χ4n) is 3.71. The summed E-state index contributed by atoms with van der Waals surface area (Å²) in [5.41, 5.74) is 2.78. The van der Waals surface area contributed by atoms with Crippen LogP contribution < -0.4 is 9.03 Å². The van der Waals surface area contributed by atoms with Crippen LogP contribution in [-0.4, -0.2) is 35.9 Å². The highest BCUT2D eigenvalue weighted by Crippen LogP contribution is 2.34. The summed E-state index contributed by atoms with van der Waals surface area (Å²) in [4.78, 5) is 0. The van der Waals surface area contributed by atoms with Gasteiger partial charge in [-0.25, -0.2) is 25.6 Å². The molecule has 0 fully saturated rings. The van der Waals surface area contributed by atoms with Crippen LogP contribution in [0.5, 0.6) is 0 Å². The second kappa shape index (κ2) is 15.3. The molecule has 0 heterocycles. The zero-order chi connectivity index (χ0) is 32.1. The molecule has 0 saturated heterocycles. The van der Waals surface area contributed by atoms with Gasteiger partial charge in [0, 0.05) is 16.8 Å². The fraction of sp³-hybridized carbons (Fsp3) is 0.138. The molecule has 7 nitrogen and oxygen atoms in total. The van der Waals surface area contributed by atoms with Gasteiger partial charge in [0.05, 0.1) is 44.4 Å². The van der Waals surface area contributed by atoms with E-state index in [-0.39, 0.29) is 34.7 Å². The van der Waals surface area contributed by atoms with Crippen LogP contribution >= 0.6 is 46.4 Å². The van der Waals surface area contributed by atoms with E-state index in [1.807, 2.05) is 0 Å². The van der Waals surface area contributed by atoms with E-state index < -0.39 is 31.7 Å². The predicted octanol–water partition coefficient (Wildman–Crippen LogP) is 8.90.